The normalized spacial score (nSPS) is 11.2. The monoisotopic (exact) mass is 460 g/mol. The molecule has 5 heteroatoms. The lowest BCUT2D eigenvalue weighted by atomic mass is 10.1. The van der Waals surface area contributed by atoms with E-state index in [1.54, 1.807) is 0 Å². The maximum absolute atomic E-state index is 6.40. The number of nitrogens with zero attached hydrogens (tertiary/aromatic N) is 3. The number of aryl methyl sites for hydroxylation is 1. The largest absolute Gasteiger partial charge is 0.325 e. The van der Waals surface area contributed by atoms with E-state index in [9.17, 15) is 0 Å². The van der Waals surface area contributed by atoms with E-state index in [1.165, 1.54) is 5.56 Å². The molecule has 0 amide bonds. The molecular weight excluding hydrogens is 440 g/mol. The number of hydrogen-bond donors (Lipinski definition) is 1. The third kappa shape index (κ3) is 3.58. The van der Waals surface area contributed by atoms with Crippen molar-refractivity contribution in [2.45, 2.75) is 6.92 Å². The number of benzene rings is 4. The van der Waals surface area contributed by atoms with Gasteiger partial charge < -0.3 is 5.32 Å². The number of imidazole rings is 1. The van der Waals surface area contributed by atoms with Crippen molar-refractivity contribution in [3.8, 4) is 22.5 Å². The summed E-state index contributed by atoms with van der Waals surface area (Å²) >= 11 is 6.40. The standard InChI is InChI=1S/C29H21ClN4/c1-19-12-15-23(16-13-19)31-29-32-25-17-14-22(30)18-24(25)28-33-26(20-8-4-2-5-9-20)27(34(28)29)21-10-6-3-7-11-21/h2-18H,1H3,(H,31,32). The second kappa shape index (κ2) is 8.32. The van der Waals surface area contributed by atoms with Gasteiger partial charge in [0.15, 0.2) is 0 Å². The molecule has 0 radical (unpaired) electrons. The number of nitrogens with one attached hydrogen (secondary N) is 1. The number of anilines is 2. The van der Waals surface area contributed by atoms with Crippen molar-refractivity contribution in [1.82, 2.24) is 14.4 Å². The van der Waals surface area contributed by atoms with E-state index >= 15 is 0 Å². The second-order valence-corrected chi connectivity index (χ2v) is 8.72. The lowest BCUT2D eigenvalue weighted by Crippen LogP contribution is -2.04. The summed E-state index contributed by atoms with van der Waals surface area (Å²) in [5.74, 6) is 0.696. The highest BCUT2D eigenvalue weighted by Gasteiger charge is 2.21. The van der Waals surface area contributed by atoms with Gasteiger partial charge in [-0.3, -0.25) is 4.40 Å². The van der Waals surface area contributed by atoms with Gasteiger partial charge in [-0.1, -0.05) is 90.0 Å². The van der Waals surface area contributed by atoms with Gasteiger partial charge in [0.05, 0.1) is 16.9 Å². The summed E-state index contributed by atoms with van der Waals surface area (Å²) in [7, 11) is 0. The highest BCUT2D eigenvalue weighted by atomic mass is 35.5. The van der Waals surface area contributed by atoms with Gasteiger partial charge in [0.2, 0.25) is 5.95 Å². The molecule has 0 spiro atoms. The molecule has 0 saturated heterocycles. The van der Waals surface area contributed by atoms with E-state index in [-0.39, 0.29) is 0 Å². The predicted molar refractivity (Wildman–Crippen MR) is 141 cm³/mol. The van der Waals surface area contributed by atoms with Gasteiger partial charge in [-0.05, 0) is 37.3 Å². The molecule has 0 atom stereocenters. The van der Waals surface area contributed by atoms with E-state index in [0.717, 1.165) is 44.8 Å². The SMILES string of the molecule is Cc1ccc(Nc2nc3ccc(Cl)cc3c3nc(-c4ccccc4)c(-c4ccccc4)n23)cc1. The zero-order valence-corrected chi connectivity index (χ0v) is 19.3. The fourth-order valence-corrected chi connectivity index (χ4v) is 4.44. The summed E-state index contributed by atoms with van der Waals surface area (Å²) in [5, 5.41) is 5.09. The first-order valence-corrected chi connectivity index (χ1v) is 11.5. The number of halogens is 1. The smallest absolute Gasteiger partial charge is 0.214 e. The van der Waals surface area contributed by atoms with Crippen molar-refractivity contribution >= 4 is 39.8 Å². The minimum Gasteiger partial charge on any atom is -0.325 e. The molecule has 2 aromatic heterocycles. The fraction of sp³-hybridized carbons (Fsp3) is 0.0345. The highest BCUT2D eigenvalue weighted by Crippen LogP contribution is 2.37. The van der Waals surface area contributed by atoms with Crippen LogP contribution in [0.5, 0.6) is 0 Å². The second-order valence-electron chi connectivity index (χ2n) is 8.29. The molecule has 34 heavy (non-hydrogen) atoms. The minimum absolute atomic E-state index is 0.654. The van der Waals surface area contributed by atoms with Crippen molar-refractivity contribution in [2.75, 3.05) is 5.32 Å². The van der Waals surface area contributed by atoms with Crippen LogP contribution in [0.1, 0.15) is 5.56 Å². The molecule has 0 unspecified atom stereocenters. The summed E-state index contributed by atoms with van der Waals surface area (Å²) < 4.78 is 2.11. The van der Waals surface area contributed by atoms with Crippen molar-refractivity contribution in [3.63, 3.8) is 0 Å². The molecule has 0 aliphatic heterocycles. The first kappa shape index (κ1) is 20.5. The highest BCUT2D eigenvalue weighted by molar-refractivity contribution is 6.31. The topological polar surface area (TPSA) is 42.2 Å². The van der Waals surface area contributed by atoms with Crippen LogP contribution in [0.15, 0.2) is 103 Å². The van der Waals surface area contributed by atoms with Crippen molar-refractivity contribution in [2.24, 2.45) is 0 Å². The minimum atomic E-state index is 0.654. The lowest BCUT2D eigenvalue weighted by Gasteiger charge is -2.13. The van der Waals surface area contributed by atoms with Crippen LogP contribution in [-0.2, 0) is 0 Å². The van der Waals surface area contributed by atoms with E-state index in [1.807, 2.05) is 54.6 Å². The number of aromatic nitrogens is 3. The molecule has 0 aliphatic carbocycles. The van der Waals surface area contributed by atoms with E-state index in [4.69, 9.17) is 21.6 Å². The maximum atomic E-state index is 6.40. The molecule has 6 rings (SSSR count). The maximum Gasteiger partial charge on any atom is 0.214 e. The third-order valence-electron chi connectivity index (χ3n) is 5.92. The summed E-state index contributed by atoms with van der Waals surface area (Å²) in [5.41, 5.74) is 7.78. The van der Waals surface area contributed by atoms with E-state index < -0.39 is 0 Å². The summed E-state index contributed by atoms with van der Waals surface area (Å²) in [6.45, 7) is 2.08. The Morgan fingerprint density at radius 2 is 1.41 bits per heavy atom. The van der Waals surface area contributed by atoms with Gasteiger partial charge in [0, 0.05) is 27.2 Å². The van der Waals surface area contributed by atoms with Crippen molar-refractivity contribution in [1.29, 1.82) is 0 Å². The van der Waals surface area contributed by atoms with Crippen LogP contribution in [0.2, 0.25) is 5.02 Å². The molecule has 0 saturated carbocycles. The summed E-state index contributed by atoms with van der Waals surface area (Å²) in [4.78, 5) is 10.2. The molecular formula is C29H21ClN4. The van der Waals surface area contributed by atoms with Crippen LogP contribution >= 0.6 is 11.6 Å². The van der Waals surface area contributed by atoms with Gasteiger partial charge in [-0.2, -0.15) is 0 Å². The van der Waals surface area contributed by atoms with Crippen molar-refractivity contribution in [3.05, 3.63) is 114 Å². The summed E-state index contributed by atoms with van der Waals surface area (Å²) in [6, 6.07) is 34.6. The molecule has 0 aliphatic rings. The Morgan fingerprint density at radius 3 is 2.12 bits per heavy atom. The van der Waals surface area contributed by atoms with E-state index in [2.05, 4.69) is 65.2 Å². The molecule has 4 aromatic carbocycles. The molecule has 6 aromatic rings. The Labute approximate surface area is 202 Å². The molecule has 2 heterocycles. The van der Waals surface area contributed by atoms with Crippen LogP contribution in [0.4, 0.5) is 11.6 Å². The van der Waals surface area contributed by atoms with Crippen LogP contribution in [0, 0.1) is 6.92 Å². The first-order chi connectivity index (χ1) is 16.7. The molecule has 0 fully saturated rings. The van der Waals surface area contributed by atoms with Crippen molar-refractivity contribution < 1.29 is 0 Å². The van der Waals surface area contributed by atoms with Crippen LogP contribution < -0.4 is 5.32 Å². The van der Waals surface area contributed by atoms with Gasteiger partial charge in [-0.15, -0.1) is 0 Å². The van der Waals surface area contributed by atoms with Crippen LogP contribution in [0.25, 0.3) is 39.1 Å². The number of fused-ring (bicyclic) bond motifs is 3. The molecule has 0 bridgehead atoms. The first-order valence-electron chi connectivity index (χ1n) is 11.1. The number of rotatable bonds is 4. The Hall–Kier alpha value is -4.15. The third-order valence-corrected chi connectivity index (χ3v) is 6.15. The molecule has 164 valence electrons. The van der Waals surface area contributed by atoms with E-state index in [0.29, 0.717) is 11.0 Å². The Morgan fingerprint density at radius 1 is 0.735 bits per heavy atom. The van der Waals surface area contributed by atoms with Gasteiger partial charge >= 0.3 is 0 Å². The Balaban J connectivity index is 1.73. The lowest BCUT2D eigenvalue weighted by molar-refractivity contribution is 1.13. The number of hydrogen-bond acceptors (Lipinski definition) is 3. The van der Waals surface area contributed by atoms with Gasteiger partial charge in [-0.25, -0.2) is 9.97 Å². The zero-order chi connectivity index (χ0) is 23.1. The zero-order valence-electron chi connectivity index (χ0n) is 18.5. The predicted octanol–water partition coefficient (Wildman–Crippen LogP) is 7.92. The average Bonchev–Trinajstić information content (AvgIpc) is 3.28. The Kier molecular flexibility index (Phi) is 5.01. The quantitative estimate of drug-likeness (QED) is 0.290. The molecule has 1 N–H and O–H groups in total. The van der Waals surface area contributed by atoms with Crippen LogP contribution in [-0.4, -0.2) is 14.4 Å². The fourth-order valence-electron chi connectivity index (χ4n) is 4.27. The van der Waals surface area contributed by atoms with Gasteiger partial charge in [0.25, 0.3) is 0 Å². The molecule has 4 nitrogen and oxygen atoms in total. The Bertz CT molecular complexity index is 1620. The summed E-state index contributed by atoms with van der Waals surface area (Å²) in [6.07, 6.45) is 0. The van der Waals surface area contributed by atoms with Gasteiger partial charge in [0.1, 0.15) is 5.65 Å². The van der Waals surface area contributed by atoms with Crippen LogP contribution in [0.3, 0.4) is 0 Å². The average molecular weight is 461 g/mol.